The number of pyridine rings is 1. The maximum Gasteiger partial charge on any atom is 0.121 e. The van der Waals surface area contributed by atoms with Crippen LogP contribution in [0, 0.1) is 0 Å². The summed E-state index contributed by atoms with van der Waals surface area (Å²) in [6.07, 6.45) is 3.29. The number of aliphatic hydroxyl groups is 1. The van der Waals surface area contributed by atoms with Gasteiger partial charge in [-0.15, -0.1) is 0 Å². The maximum atomic E-state index is 10.2. The molecule has 0 fully saturated rings. The number of aryl methyl sites for hydroxylation is 1. The zero-order valence-corrected chi connectivity index (χ0v) is 10.0. The molecule has 0 aliphatic carbocycles. The molecule has 0 saturated heterocycles. The Morgan fingerprint density at radius 1 is 1.12 bits per heavy atom. The van der Waals surface area contributed by atoms with Crippen LogP contribution in [-0.4, -0.2) is 10.1 Å². The Morgan fingerprint density at radius 2 is 1.88 bits per heavy atom. The molecule has 2 heteroatoms. The highest BCUT2D eigenvalue weighted by Crippen LogP contribution is 2.20. The molecule has 0 aliphatic heterocycles. The number of rotatable bonds is 4. The Hall–Kier alpha value is -1.67. The van der Waals surface area contributed by atoms with Gasteiger partial charge >= 0.3 is 0 Å². The monoisotopic (exact) mass is 227 g/mol. The van der Waals surface area contributed by atoms with Crippen molar-refractivity contribution < 1.29 is 5.11 Å². The normalized spacial score (nSPS) is 12.4. The number of benzene rings is 1. The van der Waals surface area contributed by atoms with Crippen LogP contribution >= 0.6 is 0 Å². The quantitative estimate of drug-likeness (QED) is 0.870. The lowest BCUT2D eigenvalue weighted by Gasteiger charge is -2.10. The Morgan fingerprint density at radius 3 is 2.47 bits per heavy atom. The molecule has 2 aromatic rings. The Labute approximate surface area is 102 Å². The van der Waals surface area contributed by atoms with Gasteiger partial charge in [-0.3, -0.25) is 4.98 Å². The number of aromatic nitrogens is 1. The van der Waals surface area contributed by atoms with E-state index in [0.717, 1.165) is 18.4 Å². The second-order valence-corrected chi connectivity index (χ2v) is 4.15. The van der Waals surface area contributed by atoms with Gasteiger partial charge in [0.25, 0.3) is 0 Å². The van der Waals surface area contributed by atoms with Gasteiger partial charge in [0, 0.05) is 6.20 Å². The van der Waals surface area contributed by atoms with Crippen molar-refractivity contribution in [1.29, 1.82) is 0 Å². The van der Waals surface area contributed by atoms with Gasteiger partial charge in [-0.05, 0) is 29.7 Å². The number of hydrogen-bond donors (Lipinski definition) is 1. The fourth-order valence-corrected chi connectivity index (χ4v) is 1.86. The van der Waals surface area contributed by atoms with E-state index in [1.165, 1.54) is 5.56 Å². The van der Waals surface area contributed by atoms with Crippen molar-refractivity contribution in [3.8, 4) is 0 Å². The first-order valence-electron chi connectivity index (χ1n) is 5.99. The second-order valence-electron chi connectivity index (χ2n) is 4.15. The molecule has 1 aromatic heterocycles. The van der Waals surface area contributed by atoms with Gasteiger partial charge in [0.15, 0.2) is 0 Å². The first kappa shape index (κ1) is 11.8. The third-order valence-electron chi connectivity index (χ3n) is 2.80. The summed E-state index contributed by atoms with van der Waals surface area (Å²) in [5.41, 5.74) is 2.89. The maximum absolute atomic E-state index is 10.2. The van der Waals surface area contributed by atoms with Gasteiger partial charge in [0.2, 0.25) is 0 Å². The van der Waals surface area contributed by atoms with Crippen LogP contribution in [0.25, 0.3) is 0 Å². The summed E-state index contributed by atoms with van der Waals surface area (Å²) in [5, 5.41) is 10.2. The standard InChI is InChI=1S/C15H17NO/c1-2-5-12-7-9-13(10-8-12)15(17)14-6-3-4-11-16-14/h3-4,6-11,15,17H,2,5H2,1H3/t15-/m1/s1. The summed E-state index contributed by atoms with van der Waals surface area (Å²) in [4.78, 5) is 4.16. The van der Waals surface area contributed by atoms with Crippen LogP contribution in [0.1, 0.15) is 36.3 Å². The molecular formula is C15H17NO. The van der Waals surface area contributed by atoms with Crippen molar-refractivity contribution in [3.05, 3.63) is 65.5 Å². The highest BCUT2D eigenvalue weighted by Gasteiger charge is 2.10. The Kier molecular flexibility index (Phi) is 3.89. The van der Waals surface area contributed by atoms with E-state index < -0.39 is 6.10 Å². The molecule has 0 spiro atoms. The number of hydrogen-bond acceptors (Lipinski definition) is 2. The van der Waals surface area contributed by atoms with Gasteiger partial charge in [0.1, 0.15) is 6.10 Å². The fourth-order valence-electron chi connectivity index (χ4n) is 1.86. The lowest BCUT2D eigenvalue weighted by atomic mass is 10.0. The highest BCUT2D eigenvalue weighted by molar-refractivity contribution is 5.28. The topological polar surface area (TPSA) is 33.1 Å². The second kappa shape index (κ2) is 5.60. The van der Waals surface area contributed by atoms with Crippen molar-refractivity contribution in [2.24, 2.45) is 0 Å². The van der Waals surface area contributed by atoms with Gasteiger partial charge in [-0.2, -0.15) is 0 Å². The molecule has 1 aromatic carbocycles. The molecule has 0 saturated carbocycles. The van der Waals surface area contributed by atoms with Crippen LogP contribution in [0.2, 0.25) is 0 Å². The van der Waals surface area contributed by atoms with Crippen molar-refractivity contribution in [2.45, 2.75) is 25.9 Å². The third kappa shape index (κ3) is 2.92. The number of nitrogens with zero attached hydrogens (tertiary/aromatic N) is 1. The molecule has 0 bridgehead atoms. The lowest BCUT2D eigenvalue weighted by Crippen LogP contribution is -2.01. The van der Waals surface area contributed by atoms with Gasteiger partial charge in [0.05, 0.1) is 5.69 Å². The summed E-state index contributed by atoms with van der Waals surface area (Å²) >= 11 is 0. The summed E-state index contributed by atoms with van der Waals surface area (Å²) < 4.78 is 0. The molecule has 0 aliphatic rings. The summed E-state index contributed by atoms with van der Waals surface area (Å²) in [6.45, 7) is 2.16. The molecule has 0 radical (unpaired) electrons. The third-order valence-corrected chi connectivity index (χ3v) is 2.80. The molecule has 2 nitrogen and oxygen atoms in total. The predicted octanol–water partition coefficient (Wildman–Crippen LogP) is 3.12. The molecule has 1 atom stereocenters. The molecule has 0 amide bonds. The SMILES string of the molecule is CCCc1ccc([C@@H](O)c2ccccn2)cc1. The molecule has 17 heavy (non-hydrogen) atoms. The van der Waals surface area contributed by atoms with Crippen molar-refractivity contribution in [1.82, 2.24) is 4.98 Å². The van der Waals surface area contributed by atoms with E-state index in [9.17, 15) is 5.11 Å². The summed E-state index contributed by atoms with van der Waals surface area (Å²) in [5.74, 6) is 0. The minimum absolute atomic E-state index is 0.633. The lowest BCUT2D eigenvalue weighted by molar-refractivity contribution is 0.215. The van der Waals surface area contributed by atoms with Crippen LogP contribution in [-0.2, 0) is 6.42 Å². The van der Waals surface area contributed by atoms with E-state index in [1.807, 2.05) is 30.3 Å². The van der Waals surface area contributed by atoms with Crippen molar-refractivity contribution in [2.75, 3.05) is 0 Å². The van der Waals surface area contributed by atoms with E-state index in [2.05, 4.69) is 24.0 Å². The summed E-state index contributed by atoms with van der Waals surface area (Å²) in [6, 6.07) is 13.7. The Balaban J connectivity index is 2.17. The zero-order valence-electron chi connectivity index (χ0n) is 10.0. The van der Waals surface area contributed by atoms with Crippen LogP contribution in [0.4, 0.5) is 0 Å². The van der Waals surface area contributed by atoms with Crippen LogP contribution in [0.5, 0.6) is 0 Å². The first-order chi connectivity index (χ1) is 8.31. The van der Waals surface area contributed by atoms with E-state index in [-0.39, 0.29) is 0 Å². The van der Waals surface area contributed by atoms with E-state index in [0.29, 0.717) is 5.69 Å². The van der Waals surface area contributed by atoms with Crippen LogP contribution < -0.4 is 0 Å². The molecule has 88 valence electrons. The minimum Gasteiger partial charge on any atom is -0.382 e. The predicted molar refractivity (Wildman–Crippen MR) is 68.7 cm³/mol. The molecule has 0 unspecified atom stereocenters. The number of aliphatic hydroxyl groups excluding tert-OH is 1. The van der Waals surface area contributed by atoms with Crippen LogP contribution in [0.15, 0.2) is 48.7 Å². The van der Waals surface area contributed by atoms with Gasteiger partial charge in [-0.25, -0.2) is 0 Å². The van der Waals surface area contributed by atoms with Crippen molar-refractivity contribution in [3.63, 3.8) is 0 Å². The van der Waals surface area contributed by atoms with Gasteiger partial charge in [-0.1, -0.05) is 43.7 Å². The molecule has 1 N–H and O–H groups in total. The average Bonchev–Trinajstić information content (AvgIpc) is 2.40. The van der Waals surface area contributed by atoms with Gasteiger partial charge < -0.3 is 5.11 Å². The smallest absolute Gasteiger partial charge is 0.121 e. The average molecular weight is 227 g/mol. The van der Waals surface area contributed by atoms with E-state index in [1.54, 1.807) is 6.20 Å². The largest absolute Gasteiger partial charge is 0.382 e. The minimum atomic E-state index is -0.633. The molecule has 1 heterocycles. The first-order valence-corrected chi connectivity index (χ1v) is 5.99. The van der Waals surface area contributed by atoms with Crippen molar-refractivity contribution >= 4 is 0 Å². The summed E-state index contributed by atoms with van der Waals surface area (Å²) in [7, 11) is 0. The zero-order chi connectivity index (χ0) is 12.1. The Bertz CT molecular complexity index is 450. The van der Waals surface area contributed by atoms with E-state index >= 15 is 0 Å². The fraction of sp³-hybridized carbons (Fsp3) is 0.267. The van der Waals surface area contributed by atoms with Crippen LogP contribution in [0.3, 0.4) is 0 Å². The van der Waals surface area contributed by atoms with E-state index in [4.69, 9.17) is 0 Å². The molecule has 2 rings (SSSR count). The highest BCUT2D eigenvalue weighted by atomic mass is 16.3. The molecular weight excluding hydrogens is 210 g/mol.